The molecule has 0 saturated carbocycles. The lowest BCUT2D eigenvalue weighted by Gasteiger charge is -2.45. The zero-order valence-electron chi connectivity index (χ0n) is 36.4. The summed E-state index contributed by atoms with van der Waals surface area (Å²) in [6.45, 7) is 4.40. The Bertz CT molecular complexity index is 2290. The fraction of sp³-hybridized carbons (Fsp3) is 0.457. The number of imidazole rings is 1. The number of hydrogen-bond acceptors (Lipinski definition) is 9. The van der Waals surface area contributed by atoms with E-state index in [1.54, 1.807) is 49.4 Å². The zero-order valence-corrected chi connectivity index (χ0v) is 37.9. The largest absolute Gasteiger partial charge is 0.481 e. The van der Waals surface area contributed by atoms with Gasteiger partial charge in [0.15, 0.2) is 0 Å². The molecule has 2 saturated heterocycles. The summed E-state index contributed by atoms with van der Waals surface area (Å²) in [5.74, 6) is -3.51. The van der Waals surface area contributed by atoms with Gasteiger partial charge in [-0.2, -0.15) is 13.2 Å². The number of ether oxygens (including phenoxy) is 2. The van der Waals surface area contributed by atoms with Crippen LogP contribution < -0.4 is 20.7 Å². The number of likely N-dealkylation sites (tertiary alicyclic amines) is 2. The average Bonchev–Trinajstić information content (AvgIpc) is 3.60. The molecule has 4 N–H and O–H groups in total. The van der Waals surface area contributed by atoms with Crippen molar-refractivity contribution in [3.05, 3.63) is 99.9 Å². The second-order valence-corrected chi connectivity index (χ2v) is 17.7. The lowest BCUT2D eigenvalue weighted by atomic mass is 9.82. The number of alkyl halides is 3. The average molecular weight is 945 g/mol. The van der Waals surface area contributed by atoms with E-state index in [1.165, 1.54) is 18.4 Å². The van der Waals surface area contributed by atoms with E-state index in [0.717, 1.165) is 36.7 Å². The van der Waals surface area contributed by atoms with Crippen molar-refractivity contribution < 1.29 is 46.9 Å². The maximum absolute atomic E-state index is 14.1. The second kappa shape index (κ2) is 21.9. The molecule has 3 aromatic carbocycles. The fourth-order valence-electron chi connectivity index (χ4n) is 8.14. The predicted molar refractivity (Wildman–Crippen MR) is 238 cm³/mol. The maximum Gasteiger partial charge on any atom is 0.389 e. The highest BCUT2D eigenvalue weighted by Gasteiger charge is 2.44. The number of carbonyl (C=O) groups is 4. The van der Waals surface area contributed by atoms with Crippen molar-refractivity contribution in [1.29, 1.82) is 0 Å². The Hall–Kier alpha value is -5.20. The standard InChI is InChI=1S/C46H54Cl2F3N7O7/c1-29(52-24-32-8-13-35(48)21-39(32)65-36-14-9-31(10-15-36)38-25-53-40(56(38)2)26-57-17-5-18-57)42(61)54-37(27-64-3)43(62)55-45(22-30-6-11-34(47)12-7-30)16-4-19-58(28-45)44(63)33(20-41(59)60)23-46(49,50)51/h6-15,21,25,29,33,37,52H,4-5,16-20,22-24,26-28H2,1-3H3,(H,54,61)(H,55,62)(H,59,60)/t29-,33?,37-,45+/m0/s1. The molecule has 3 heterocycles. The minimum absolute atomic E-state index is 0.0605. The molecule has 0 radical (unpaired) electrons. The van der Waals surface area contributed by atoms with Crippen molar-refractivity contribution in [3.8, 4) is 22.8 Å². The highest BCUT2D eigenvalue weighted by atomic mass is 35.5. The molecule has 2 fully saturated rings. The van der Waals surface area contributed by atoms with Crippen molar-refractivity contribution in [2.45, 2.75) is 82.3 Å². The van der Waals surface area contributed by atoms with Gasteiger partial charge in [-0.25, -0.2) is 4.98 Å². The van der Waals surface area contributed by atoms with E-state index < -0.39 is 66.2 Å². The van der Waals surface area contributed by atoms with E-state index in [9.17, 15) is 37.5 Å². The first-order chi connectivity index (χ1) is 30.9. The van der Waals surface area contributed by atoms with Gasteiger partial charge in [0.1, 0.15) is 23.4 Å². The first kappa shape index (κ1) is 49.2. The fourth-order valence-corrected chi connectivity index (χ4v) is 8.43. The number of rotatable bonds is 20. The molecule has 350 valence electrons. The molecule has 0 spiro atoms. The van der Waals surface area contributed by atoms with Gasteiger partial charge < -0.3 is 40.0 Å². The summed E-state index contributed by atoms with van der Waals surface area (Å²) in [6.07, 6.45) is -3.56. The Morgan fingerprint density at radius 3 is 2.31 bits per heavy atom. The van der Waals surface area contributed by atoms with Gasteiger partial charge in [0.05, 0.1) is 55.4 Å². The third-order valence-corrected chi connectivity index (χ3v) is 12.2. The third kappa shape index (κ3) is 13.7. The van der Waals surface area contributed by atoms with Crippen LogP contribution in [0.5, 0.6) is 11.5 Å². The summed E-state index contributed by atoms with van der Waals surface area (Å²) < 4.78 is 54.2. The van der Waals surface area contributed by atoms with Crippen LogP contribution in [0.15, 0.2) is 72.9 Å². The number of carboxylic acids is 1. The van der Waals surface area contributed by atoms with Crippen molar-refractivity contribution >= 4 is 46.9 Å². The number of methoxy groups -OCH3 is 1. The van der Waals surface area contributed by atoms with Gasteiger partial charge >= 0.3 is 12.1 Å². The minimum atomic E-state index is -4.78. The number of carbonyl (C=O) groups excluding carboxylic acids is 3. The van der Waals surface area contributed by atoms with Gasteiger partial charge in [-0.1, -0.05) is 41.4 Å². The first-order valence-electron chi connectivity index (χ1n) is 21.4. The lowest BCUT2D eigenvalue weighted by molar-refractivity contribution is -0.164. The predicted octanol–water partition coefficient (Wildman–Crippen LogP) is 6.76. The van der Waals surface area contributed by atoms with Crippen molar-refractivity contribution in [3.63, 3.8) is 0 Å². The maximum atomic E-state index is 14.1. The van der Waals surface area contributed by atoms with Crippen LogP contribution in [0.4, 0.5) is 13.2 Å². The van der Waals surface area contributed by atoms with Crippen LogP contribution in [0.3, 0.4) is 0 Å². The van der Waals surface area contributed by atoms with E-state index in [0.29, 0.717) is 45.5 Å². The van der Waals surface area contributed by atoms with Gasteiger partial charge in [-0.3, -0.25) is 24.1 Å². The Labute approximate surface area is 385 Å². The summed E-state index contributed by atoms with van der Waals surface area (Å²) in [4.78, 5) is 61.1. The van der Waals surface area contributed by atoms with Crippen LogP contribution in [-0.4, -0.2) is 112 Å². The minimum Gasteiger partial charge on any atom is -0.481 e. The summed E-state index contributed by atoms with van der Waals surface area (Å²) >= 11 is 12.5. The molecular formula is C46H54Cl2F3N7O7. The zero-order chi connectivity index (χ0) is 46.9. The van der Waals surface area contributed by atoms with E-state index >= 15 is 0 Å². The highest BCUT2D eigenvalue weighted by molar-refractivity contribution is 6.31. The number of piperidine rings is 1. The normalized spacial score (nSPS) is 18.0. The number of hydrogen-bond donors (Lipinski definition) is 4. The Morgan fingerprint density at radius 1 is 0.954 bits per heavy atom. The van der Waals surface area contributed by atoms with E-state index in [1.807, 2.05) is 37.5 Å². The number of amides is 3. The number of nitrogens with one attached hydrogen (secondary N) is 3. The van der Waals surface area contributed by atoms with Crippen LogP contribution in [0.1, 0.15) is 56.0 Å². The first-order valence-corrected chi connectivity index (χ1v) is 22.1. The molecule has 19 heteroatoms. The van der Waals surface area contributed by atoms with E-state index in [-0.39, 0.29) is 32.7 Å². The van der Waals surface area contributed by atoms with Crippen LogP contribution in [-0.2, 0) is 50.5 Å². The van der Waals surface area contributed by atoms with E-state index in [2.05, 4.69) is 30.4 Å². The number of benzene rings is 3. The van der Waals surface area contributed by atoms with Gasteiger partial charge in [-0.05, 0) is 99.8 Å². The van der Waals surface area contributed by atoms with Gasteiger partial charge in [0.25, 0.3) is 0 Å². The topological polar surface area (TPSA) is 167 Å². The molecule has 0 aliphatic carbocycles. The van der Waals surface area contributed by atoms with Crippen LogP contribution in [0.2, 0.25) is 10.0 Å². The third-order valence-electron chi connectivity index (χ3n) is 11.7. The summed E-state index contributed by atoms with van der Waals surface area (Å²) in [7, 11) is 3.37. The molecular weight excluding hydrogens is 890 g/mol. The molecule has 3 amide bonds. The molecule has 0 bridgehead atoms. The number of aliphatic carboxylic acids is 1. The number of aromatic nitrogens is 2. The molecule has 4 atom stereocenters. The second-order valence-electron chi connectivity index (χ2n) is 16.8. The molecule has 2 aliphatic rings. The van der Waals surface area contributed by atoms with E-state index in [4.69, 9.17) is 32.7 Å². The monoisotopic (exact) mass is 943 g/mol. The van der Waals surface area contributed by atoms with Crippen LogP contribution in [0, 0.1) is 5.92 Å². The Kier molecular flexibility index (Phi) is 16.6. The van der Waals surface area contributed by atoms with Gasteiger partial charge in [0, 0.05) is 55.0 Å². The quantitative estimate of drug-likeness (QED) is 0.0744. The summed E-state index contributed by atoms with van der Waals surface area (Å²) in [5, 5.41) is 19.2. The van der Waals surface area contributed by atoms with Crippen LogP contribution >= 0.6 is 23.2 Å². The smallest absolute Gasteiger partial charge is 0.389 e. The summed E-state index contributed by atoms with van der Waals surface area (Å²) in [5.41, 5.74) is 2.16. The Morgan fingerprint density at radius 2 is 1.66 bits per heavy atom. The van der Waals surface area contributed by atoms with Crippen LogP contribution in [0.25, 0.3) is 11.3 Å². The number of halogens is 5. The molecule has 14 nitrogen and oxygen atoms in total. The molecule has 2 aliphatic heterocycles. The van der Waals surface area contributed by atoms with Gasteiger partial charge in [0.2, 0.25) is 17.7 Å². The molecule has 65 heavy (non-hydrogen) atoms. The molecule has 6 rings (SSSR count). The van der Waals surface area contributed by atoms with Crippen molar-refractivity contribution in [2.75, 3.05) is 39.9 Å². The number of carboxylic acid groups (broad SMARTS) is 1. The van der Waals surface area contributed by atoms with Crippen molar-refractivity contribution in [1.82, 2.24) is 35.3 Å². The SMILES string of the molecule is COC[C@H](NC(=O)[C@H](C)NCc1ccc(Cl)cc1Oc1ccc(-c2cnc(CN3CCC3)n2C)cc1)C(=O)N[C@@]1(Cc2ccc(Cl)cc2)CCCN(C(=O)C(CC(=O)O)CC(F)(F)F)C1. The lowest BCUT2D eigenvalue weighted by Crippen LogP contribution is -2.65. The highest BCUT2D eigenvalue weighted by Crippen LogP contribution is 2.33. The van der Waals surface area contributed by atoms with Gasteiger partial charge in [-0.15, -0.1) is 0 Å². The molecule has 4 aromatic rings. The number of nitrogens with zero attached hydrogens (tertiary/aromatic N) is 4. The summed E-state index contributed by atoms with van der Waals surface area (Å²) in [6, 6.07) is 17.5. The van der Waals surface area contributed by atoms with Crippen molar-refractivity contribution in [2.24, 2.45) is 13.0 Å². The molecule has 1 unspecified atom stereocenters. The Balaban J connectivity index is 1.11. The molecule has 1 aromatic heterocycles.